The molecule has 0 bridgehead atoms. The summed E-state index contributed by atoms with van der Waals surface area (Å²) in [5.41, 5.74) is 7.68. The molecule has 1 atom stereocenters. The molecule has 3 nitrogen and oxygen atoms in total. The molecular weight excluding hydrogens is 257 g/mol. The summed E-state index contributed by atoms with van der Waals surface area (Å²) in [6.45, 7) is 0. The minimum atomic E-state index is -0.240. The lowest BCUT2D eigenvalue weighted by molar-refractivity contribution is 0.693. The predicted molar refractivity (Wildman–Crippen MR) is 69.1 cm³/mol. The van der Waals surface area contributed by atoms with Crippen molar-refractivity contribution in [3.63, 3.8) is 0 Å². The molecule has 2 rings (SSSR count). The molecule has 0 spiro atoms. The Morgan fingerprint density at radius 3 is 2.47 bits per heavy atom. The Hall–Kier alpha value is -1.16. The molecule has 2 N–H and O–H groups in total. The minimum absolute atomic E-state index is 0.240. The molecule has 1 aromatic heterocycles. The second-order valence-electron chi connectivity index (χ2n) is 3.65. The van der Waals surface area contributed by atoms with Gasteiger partial charge in [0.25, 0.3) is 0 Å². The molecule has 1 aromatic carbocycles. The number of rotatable bonds is 3. The summed E-state index contributed by atoms with van der Waals surface area (Å²) >= 11 is 12.2. The third-order valence-electron chi connectivity index (χ3n) is 2.47. The zero-order valence-corrected chi connectivity index (χ0v) is 10.5. The smallest absolute Gasteiger partial charge is 0.115 e. The topological polar surface area (TPSA) is 51.8 Å². The lowest BCUT2D eigenvalue weighted by Crippen LogP contribution is -2.15. The highest BCUT2D eigenvalue weighted by Gasteiger charge is 2.13. The Morgan fingerprint density at radius 1 is 1.18 bits per heavy atom. The fourth-order valence-electron chi connectivity index (χ4n) is 1.57. The van der Waals surface area contributed by atoms with Crippen LogP contribution in [0.2, 0.25) is 10.0 Å². The van der Waals surface area contributed by atoms with E-state index in [-0.39, 0.29) is 6.04 Å². The van der Waals surface area contributed by atoms with E-state index in [4.69, 9.17) is 28.9 Å². The summed E-state index contributed by atoms with van der Waals surface area (Å²) in [5, 5.41) is 1.25. The molecule has 5 heteroatoms. The van der Waals surface area contributed by atoms with Crippen molar-refractivity contribution in [3.8, 4) is 0 Å². The van der Waals surface area contributed by atoms with Crippen LogP contribution in [0.5, 0.6) is 0 Å². The number of benzene rings is 1. The highest BCUT2D eigenvalue weighted by molar-refractivity contribution is 6.35. The van der Waals surface area contributed by atoms with Crippen LogP contribution >= 0.6 is 23.2 Å². The van der Waals surface area contributed by atoms with Gasteiger partial charge in [0.2, 0.25) is 0 Å². The molecule has 1 heterocycles. The molecule has 0 amide bonds. The number of hydrogen-bond acceptors (Lipinski definition) is 3. The first-order chi connectivity index (χ1) is 8.18. The quantitative estimate of drug-likeness (QED) is 0.930. The zero-order chi connectivity index (χ0) is 12.3. The maximum Gasteiger partial charge on any atom is 0.115 e. The predicted octanol–water partition coefficient (Wildman–Crippen LogP) is 3.03. The van der Waals surface area contributed by atoms with E-state index in [1.54, 1.807) is 24.4 Å². The second-order valence-corrected chi connectivity index (χ2v) is 4.46. The standard InChI is InChI=1S/C12H11Cl2N3/c13-9-2-1-3-10(14)8(9)6-11(15)12-4-5-16-7-17-12/h1-5,7,11H,6,15H2. The molecular formula is C12H11Cl2N3. The van der Waals surface area contributed by atoms with Crippen molar-refractivity contribution in [2.75, 3.05) is 0 Å². The SMILES string of the molecule is NC(Cc1c(Cl)cccc1Cl)c1ccncn1. The number of hydrogen-bond donors (Lipinski definition) is 1. The van der Waals surface area contributed by atoms with Gasteiger partial charge in [-0.15, -0.1) is 0 Å². The minimum Gasteiger partial charge on any atom is -0.322 e. The average Bonchev–Trinajstić information content (AvgIpc) is 2.35. The molecule has 2 aromatic rings. The van der Waals surface area contributed by atoms with Gasteiger partial charge in [-0.1, -0.05) is 29.3 Å². The van der Waals surface area contributed by atoms with Crippen LogP contribution in [0.25, 0.3) is 0 Å². The molecule has 88 valence electrons. The summed E-state index contributed by atoms with van der Waals surface area (Å²) < 4.78 is 0. The monoisotopic (exact) mass is 267 g/mol. The Morgan fingerprint density at radius 2 is 1.88 bits per heavy atom. The van der Waals surface area contributed by atoms with Gasteiger partial charge >= 0.3 is 0 Å². The highest BCUT2D eigenvalue weighted by Crippen LogP contribution is 2.27. The van der Waals surface area contributed by atoms with Crippen LogP contribution in [0.15, 0.2) is 36.8 Å². The van der Waals surface area contributed by atoms with Gasteiger partial charge in [0.15, 0.2) is 0 Å². The second kappa shape index (κ2) is 5.45. The lowest BCUT2D eigenvalue weighted by Gasteiger charge is -2.13. The molecule has 1 unspecified atom stereocenters. The van der Waals surface area contributed by atoms with E-state index in [9.17, 15) is 0 Å². The van der Waals surface area contributed by atoms with Crippen molar-refractivity contribution in [1.82, 2.24) is 9.97 Å². The summed E-state index contributed by atoms with van der Waals surface area (Å²) in [4.78, 5) is 7.96. The number of nitrogens with zero attached hydrogens (tertiary/aromatic N) is 2. The first-order valence-corrected chi connectivity index (χ1v) is 5.88. The van der Waals surface area contributed by atoms with E-state index < -0.39 is 0 Å². The van der Waals surface area contributed by atoms with E-state index in [1.807, 2.05) is 6.07 Å². The van der Waals surface area contributed by atoms with Gasteiger partial charge in [-0.05, 0) is 30.2 Å². The maximum atomic E-state index is 6.09. The van der Waals surface area contributed by atoms with Crippen molar-refractivity contribution in [2.24, 2.45) is 5.73 Å². The first-order valence-electron chi connectivity index (χ1n) is 5.13. The van der Waals surface area contributed by atoms with Crippen LogP contribution < -0.4 is 5.73 Å². The van der Waals surface area contributed by atoms with Gasteiger partial charge in [0.1, 0.15) is 6.33 Å². The summed E-state index contributed by atoms with van der Waals surface area (Å²) in [6.07, 6.45) is 3.69. The van der Waals surface area contributed by atoms with Crippen molar-refractivity contribution in [3.05, 3.63) is 58.1 Å². The highest BCUT2D eigenvalue weighted by atomic mass is 35.5. The zero-order valence-electron chi connectivity index (χ0n) is 8.98. The van der Waals surface area contributed by atoms with Crippen molar-refractivity contribution < 1.29 is 0 Å². The largest absolute Gasteiger partial charge is 0.322 e. The fourth-order valence-corrected chi connectivity index (χ4v) is 2.12. The fraction of sp³-hybridized carbons (Fsp3) is 0.167. The molecule has 0 aliphatic carbocycles. The van der Waals surface area contributed by atoms with Gasteiger partial charge < -0.3 is 5.73 Å². The van der Waals surface area contributed by atoms with Crippen LogP contribution in [0.3, 0.4) is 0 Å². The molecule has 0 saturated heterocycles. The van der Waals surface area contributed by atoms with Gasteiger partial charge in [0, 0.05) is 16.2 Å². The molecule has 0 aliphatic rings. The van der Waals surface area contributed by atoms with Crippen molar-refractivity contribution in [1.29, 1.82) is 0 Å². The van der Waals surface area contributed by atoms with Crippen LogP contribution in [-0.2, 0) is 6.42 Å². The van der Waals surface area contributed by atoms with Crippen LogP contribution in [-0.4, -0.2) is 9.97 Å². The number of aromatic nitrogens is 2. The van der Waals surface area contributed by atoms with Gasteiger partial charge in [-0.3, -0.25) is 0 Å². The Kier molecular flexibility index (Phi) is 3.94. The summed E-state index contributed by atoms with van der Waals surface area (Å²) in [6, 6.07) is 6.96. The molecule has 0 fully saturated rings. The van der Waals surface area contributed by atoms with Crippen LogP contribution in [0, 0.1) is 0 Å². The third-order valence-corrected chi connectivity index (χ3v) is 3.18. The third kappa shape index (κ3) is 2.94. The maximum absolute atomic E-state index is 6.09. The van der Waals surface area contributed by atoms with Crippen LogP contribution in [0.4, 0.5) is 0 Å². The average molecular weight is 268 g/mol. The van der Waals surface area contributed by atoms with Gasteiger partial charge in [-0.25, -0.2) is 9.97 Å². The van der Waals surface area contributed by atoms with Crippen molar-refractivity contribution >= 4 is 23.2 Å². The van der Waals surface area contributed by atoms with E-state index in [0.29, 0.717) is 16.5 Å². The van der Waals surface area contributed by atoms with E-state index >= 15 is 0 Å². The van der Waals surface area contributed by atoms with Crippen LogP contribution in [0.1, 0.15) is 17.3 Å². The summed E-state index contributed by atoms with van der Waals surface area (Å²) in [7, 11) is 0. The first kappa shape index (κ1) is 12.3. The van der Waals surface area contributed by atoms with Gasteiger partial charge in [0.05, 0.1) is 11.7 Å². The Bertz CT molecular complexity index is 482. The molecule has 0 aliphatic heterocycles. The van der Waals surface area contributed by atoms with Crippen molar-refractivity contribution in [2.45, 2.75) is 12.5 Å². The Balaban J connectivity index is 2.22. The van der Waals surface area contributed by atoms with Gasteiger partial charge in [-0.2, -0.15) is 0 Å². The van der Waals surface area contributed by atoms with E-state index in [0.717, 1.165) is 11.3 Å². The summed E-state index contributed by atoms with van der Waals surface area (Å²) in [5.74, 6) is 0. The Labute approximate surface area is 110 Å². The lowest BCUT2D eigenvalue weighted by atomic mass is 10.0. The number of halogens is 2. The molecule has 0 radical (unpaired) electrons. The molecule has 17 heavy (non-hydrogen) atoms. The normalized spacial score (nSPS) is 12.4. The van der Waals surface area contributed by atoms with E-state index in [2.05, 4.69) is 9.97 Å². The number of nitrogens with two attached hydrogens (primary N) is 1. The molecule has 0 saturated carbocycles. The van der Waals surface area contributed by atoms with E-state index in [1.165, 1.54) is 6.33 Å².